The van der Waals surface area contributed by atoms with Crippen LogP contribution >= 0.6 is 15.9 Å². The Bertz CT molecular complexity index is 475. The van der Waals surface area contributed by atoms with Gasteiger partial charge in [0.15, 0.2) is 0 Å². The SMILES string of the molecule is O=C(O)n1ccc2ccc(Br)cc21. The van der Waals surface area contributed by atoms with Crippen molar-refractivity contribution in [2.24, 2.45) is 0 Å². The van der Waals surface area contributed by atoms with Crippen LogP contribution in [-0.4, -0.2) is 15.8 Å². The number of benzene rings is 1. The van der Waals surface area contributed by atoms with Crippen LogP contribution in [0.25, 0.3) is 10.9 Å². The van der Waals surface area contributed by atoms with Gasteiger partial charge in [-0.15, -0.1) is 0 Å². The molecule has 1 heterocycles. The van der Waals surface area contributed by atoms with E-state index < -0.39 is 6.09 Å². The fraction of sp³-hybridized carbons (Fsp3) is 0. The molecule has 0 bridgehead atoms. The molecule has 0 radical (unpaired) electrons. The first-order chi connectivity index (χ1) is 6.18. The quantitative estimate of drug-likeness (QED) is 0.769. The van der Waals surface area contributed by atoms with Crippen molar-refractivity contribution in [2.75, 3.05) is 0 Å². The first-order valence-electron chi connectivity index (χ1n) is 3.68. The van der Waals surface area contributed by atoms with E-state index in [1.54, 1.807) is 18.3 Å². The van der Waals surface area contributed by atoms with E-state index in [4.69, 9.17) is 5.11 Å². The Morgan fingerprint density at radius 2 is 2.15 bits per heavy atom. The van der Waals surface area contributed by atoms with E-state index in [9.17, 15) is 4.79 Å². The highest BCUT2D eigenvalue weighted by molar-refractivity contribution is 9.10. The van der Waals surface area contributed by atoms with Gasteiger partial charge in [0.1, 0.15) is 0 Å². The van der Waals surface area contributed by atoms with Crippen molar-refractivity contribution in [3.05, 3.63) is 34.9 Å². The van der Waals surface area contributed by atoms with Gasteiger partial charge in [0.05, 0.1) is 5.52 Å². The van der Waals surface area contributed by atoms with Gasteiger partial charge in [0.25, 0.3) is 0 Å². The summed E-state index contributed by atoms with van der Waals surface area (Å²) in [6, 6.07) is 7.31. The van der Waals surface area contributed by atoms with Gasteiger partial charge in [0.2, 0.25) is 0 Å². The van der Waals surface area contributed by atoms with Crippen LogP contribution in [0.5, 0.6) is 0 Å². The van der Waals surface area contributed by atoms with Crippen molar-refractivity contribution < 1.29 is 9.90 Å². The molecule has 0 amide bonds. The van der Waals surface area contributed by atoms with Crippen molar-refractivity contribution in [1.29, 1.82) is 0 Å². The van der Waals surface area contributed by atoms with Crippen LogP contribution in [0.15, 0.2) is 34.9 Å². The van der Waals surface area contributed by atoms with Crippen molar-refractivity contribution >= 4 is 32.9 Å². The lowest BCUT2D eigenvalue weighted by Crippen LogP contribution is -2.05. The summed E-state index contributed by atoms with van der Waals surface area (Å²) in [7, 11) is 0. The van der Waals surface area contributed by atoms with Crippen LogP contribution in [0, 0.1) is 0 Å². The molecule has 0 atom stereocenters. The topological polar surface area (TPSA) is 42.2 Å². The summed E-state index contributed by atoms with van der Waals surface area (Å²) in [6.45, 7) is 0. The van der Waals surface area contributed by atoms with Crippen LogP contribution in [-0.2, 0) is 0 Å². The fourth-order valence-electron chi connectivity index (χ4n) is 1.27. The Morgan fingerprint density at radius 1 is 1.38 bits per heavy atom. The second-order valence-electron chi connectivity index (χ2n) is 2.67. The molecule has 2 aromatic rings. The van der Waals surface area contributed by atoms with Crippen molar-refractivity contribution in [3.8, 4) is 0 Å². The number of carbonyl (C=O) groups is 1. The average molecular weight is 240 g/mol. The Morgan fingerprint density at radius 3 is 2.85 bits per heavy atom. The van der Waals surface area contributed by atoms with E-state index in [0.717, 1.165) is 9.86 Å². The first kappa shape index (κ1) is 8.31. The molecule has 0 spiro atoms. The number of hydrogen-bond acceptors (Lipinski definition) is 1. The van der Waals surface area contributed by atoms with Gasteiger partial charge in [-0.25, -0.2) is 4.79 Å². The maximum Gasteiger partial charge on any atom is 0.415 e. The molecular weight excluding hydrogens is 234 g/mol. The highest BCUT2D eigenvalue weighted by Crippen LogP contribution is 2.20. The molecule has 13 heavy (non-hydrogen) atoms. The van der Waals surface area contributed by atoms with E-state index in [2.05, 4.69) is 15.9 Å². The standard InChI is InChI=1S/C9H6BrNO2/c10-7-2-1-6-3-4-11(9(12)13)8(6)5-7/h1-5H,(H,12,13). The van der Waals surface area contributed by atoms with Gasteiger partial charge in [0, 0.05) is 16.1 Å². The normalized spacial score (nSPS) is 10.5. The fourth-order valence-corrected chi connectivity index (χ4v) is 1.62. The van der Waals surface area contributed by atoms with Crippen LogP contribution in [0.3, 0.4) is 0 Å². The number of aromatic nitrogens is 1. The van der Waals surface area contributed by atoms with Crippen LogP contribution < -0.4 is 0 Å². The molecule has 4 heteroatoms. The molecule has 0 unspecified atom stereocenters. The molecule has 0 fully saturated rings. The molecule has 1 aromatic heterocycles. The van der Waals surface area contributed by atoms with Gasteiger partial charge in [-0.1, -0.05) is 22.0 Å². The van der Waals surface area contributed by atoms with Gasteiger partial charge in [-0.3, -0.25) is 4.57 Å². The van der Waals surface area contributed by atoms with Crippen LogP contribution in [0.4, 0.5) is 4.79 Å². The number of hydrogen-bond donors (Lipinski definition) is 1. The molecule has 0 aliphatic carbocycles. The Balaban J connectivity index is 2.79. The van der Waals surface area contributed by atoms with Crippen molar-refractivity contribution in [3.63, 3.8) is 0 Å². The second kappa shape index (κ2) is 2.88. The van der Waals surface area contributed by atoms with Gasteiger partial charge >= 0.3 is 6.09 Å². The predicted molar refractivity (Wildman–Crippen MR) is 53.1 cm³/mol. The zero-order valence-electron chi connectivity index (χ0n) is 6.57. The highest BCUT2D eigenvalue weighted by atomic mass is 79.9. The summed E-state index contributed by atoms with van der Waals surface area (Å²) >= 11 is 3.29. The molecule has 2 rings (SSSR count). The largest absolute Gasteiger partial charge is 0.464 e. The van der Waals surface area contributed by atoms with Gasteiger partial charge in [-0.05, 0) is 18.2 Å². The predicted octanol–water partition coefficient (Wildman–Crippen LogP) is 2.93. The van der Waals surface area contributed by atoms with Crippen molar-refractivity contribution in [2.45, 2.75) is 0 Å². The Hall–Kier alpha value is -1.29. The molecule has 0 aliphatic rings. The molecular formula is C9H6BrNO2. The zero-order valence-corrected chi connectivity index (χ0v) is 8.15. The van der Waals surface area contributed by atoms with E-state index in [1.807, 2.05) is 12.1 Å². The van der Waals surface area contributed by atoms with Gasteiger partial charge < -0.3 is 5.11 Å². The minimum absolute atomic E-state index is 0.696. The third-order valence-electron chi connectivity index (χ3n) is 1.86. The molecule has 1 N–H and O–H groups in total. The summed E-state index contributed by atoms with van der Waals surface area (Å²) in [6.07, 6.45) is 0.576. The third kappa shape index (κ3) is 1.33. The number of carboxylic acid groups (broad SMARTS) is 1. The zero-order chi connectivity index (χ0) is 9.42. The lowest BCUT2D eigenvalue weighted by Gasteiger charge is -1.97. The smallest absolute Gasteiger partial charge is 0.415 e. The number of fused-ring (bicyclic) bond motifs is 1. The number of rotatable bonds is 0. The Kier molecular flexibility index (Phi) is 1.84. The summed E-state index contributed by atoms with van der Waals surface area (Å²) in [4.78, 5) is 10.7. The summed E-state index contributed by atoms with van der Waals surface area (Å²) in [5.41, 5.74) is 0.696. The minimum atomic E-state index is -0.965. The van der Waals surface area contributed by atoms with Crippen molar-refractivity contribution in [1.82, 2.24) is 4.57 Å². The number of nitrogens with zero attached hydrogens (tertiary/aromatic N) is 1. The molecule has 0 aliphatic heterocycles. The summed E-state index contributed by atoms with van der Waals surface area (Å²) in [5, 5.41) is 9.73. The molecule has 66 valence electrons. The summed E-state index contributed by atoms with van der Waals surface area (Å²) < 4.78 is 2.07. The van der Waals surface area contributed by atoms with Crippen LogP contribution in [0.1, 0.15) is 0 Å². The lowest BCUT2D eigenvalue weighted by molar-refractivity contribution is 0.197. The lowest BCUT2D eigenvalue weighted by atomic mass is 10.2. The van der Waals surface area contributed by atoms with Crippen LogP contribution in [0.2, 0.25) is 0 Å². The van der Waals surface area contributed by atoms with E-state index >= 15 is 0 Å². The molecule has 0 saturated carbocycles. The van der Waals surface area contributed by atoms with E-state index in [1.165, 1.54) is 4.57 Å². The number of halogens is 1. The van der Waals surface area contributed by atoms with Gasteiger partial charge in [-0.2, -0.15) is 0 Å². The molecule has 3 nitrogen and oxygen atoms in total. The Labute approximate surface area is 82.7 Å². The third-order valence-corrected chi connectivity index (χ3v) is 2.35. The highest BCUT2D eigenvalue weighted by Gasteiger charge is 2.05. The summed E-state index contributed by atoms with van der Waals surface area (Å²) in [5.74, 6) is 0. The molecule has 1 aromatic carbocycles. The monoisotopic (exact) mass is 239 g/mol. The average Bonchev–Trinajstić information content (AvgIpc) is 2.46. The molecule has 0 saturated heterocycles. The maximum atomic E-state index is 10.7. The maximum absolute atomic E-state index is 10.7. The minimum Gasteiger partial charge on any atom is -0.464 e. The van der Waals surface area contributed by atoms with E-state index in [-0.39, 0.29) is 0 Å². The van der Waals surface area contributed by atoms with E-state index in [0.29, 0.717) is 5.52 Å². The second-order valence-corrected chi connectivity index (χ2v) is 3.59. The first-order valence-corrected chi connectivity index (χ1v) is 4.48.